The average Bonchev–Trinajstić information content (AvgIpc) is 2.81. The summed E-state index contributed by atoms with van der Waals surface area (Å²) >= 11 is 0. The van der Waals surface area contributed by atoms with Crippen LogP contribution in [0.4, 0.5) is 4.79 Å². The molecule has 0 spiro atoms. The monoisotopic (exact) mass is 228 g/mol. The highest BCUT2D eigenvalue weighted by atomic mass is 16.4. The van der Waals surface area contributed by atoms with E-state index in [1.165, 1.54) is 0 Å². The van der Waals surface area contributed by atoms with Gasteiger partial charge in [0.1, 0.15) is 0 Å². The van der Waals surface area contributed by atoms with Crippen LogP contribution in [0, 0.1) is 5.92 Å². The Morgan fingerprint density at radius 1 is 1.50 bits per heavy atom. The van der Waals surface area contributed by atoms with E-state index >= 15 is 0 Å². The predicted octanol–water partition coefficient (Wildman–Crippen LogP) is 1.34. The number of hydrogen-bond acceptors (Lipinski definition) is 2. The van der Waals surface area contributed by atoms with Crippen molar-refractivity contribution in [3.05, 3.63) is 0 Å². The number of carbonyl (C=O) groups is 2. The molecular formula is C11H20N2O3. The van der Waals surface area contributed by atoms with Gasteiger partial charge in [0.15, 0.2) is 0 Å². The quantitative estimate of drug-likeness (QED) is 0.642. The molecule has 0 aromatic carbocycles. The van der Waals surface area contributed by atoms with E-state index < -0.39 is 5.97 Å². The molecule has 2 amide bonds. The molecule has 5 heteroatoms. The lowest BCUT2D eigenvalue weighted by Gasteiger charge is -2.12. The third-order valence-electron chi connectivity index (χ3n) is 2.76. The number of nitrogens with one attached hydrogen (secondary N) is 2. The number of carbonyl (C=O) groups excluding carboxylic acids is 1. The van der Waals surface area contributed by atoms with Crippen LogP contribution >= 0.6 is 0 Å². The maximum atomic E-state index is 11.4. The number of carboxylic acids is 1. The van der Waals surface area contributed by atoms with Crippen LogP contribution in [0.15, 0.2) is 0 Å². The van der Waals surface area contributed by atoms with Crippen LogP contribution in [-0.2, 0) is 4.79 Å². The molecule has 0 bridgehead atoms. The topological polar surface area (TPSA) is 78.4 Å². The van der Waals surface area contributed by atoms with Gasteiger partial charge in [-0.25, -0.2) is 4.79 Å². The molecule has 1 aliphatic rings. The van der Waals surface area contributed by atoms with Crippen LogP contribution in [0.2, 0.25) is 0 Å². The molecule has 5 nitrogen and oxygen atoms in total. The minimum absolute atomic E-state index is 0.0452. The predicted molar refractivity (Wildman–Crippen MR) is 60.2 cm³/mol. The summed E-state index contributed by atoms with van der Waals surface area (Å²) in [6, 6.07) is -0.296. The number of urea groups is 1. The van der Waals surface area contributed by atoms with E-state index in [0.29, 0.717) is 5.92 Å². The van der Waals surface area contributed by atoms with Crippen LogP contribution in [0.5, 0.6) is 0 Å². The summed E-state index contributed by atoms with van der Waals surface area (Å²) in [4.78, 5) is 21.8. The van der Waals surface area contributed by atoms with Gasteiger partial charge in [-0.15, -0.1) is 0 Å². The van der Waals surface area contributed by atoms with Gasteiger partial charge in [-0.3, -0.25) is 4.79 Å². The number of rotatable bonds is 6. The summed E-state index contributed by atoms with van der Waals surface area (Å²) in [5.41, 5.74) is 0. The largest absolute Gasteiger partial charge is 0.481 e. The zero-order chi connectivity index (χ0) is 12.1. The third kappa shape index (κ3) is 4.51. The molecule has 0 aromatic heterocycles. The van der Waals surface area contributed by atoms with Crippen LogP contribution in [0.25, 0.3) is 0 Å². The maximum absolute atomic E-state index is 11.4. The van der Waals surface area contributed by atoms with Gasteiger partial charge in [0.25, 0.3) is 0 Å². The van der Waals surface area contributed by atoms with Gasteiger partial charge >= 0.3 is 12.0 Å². The Morgan fingerprint density at radius 2 is 2.19 bits per heavy atom. The normalized spacial score (nSPS) is 24.6. The summed E-state index contributed by atoms with van der Waals surface area (Å²) in [6.45, 7) is 3.81. The molecule has 0 aromatic rings. The minimum atomic E-state index is -0.900. The molecule has 92 valence electrons. The zero-order valence-electron chi connectivity index (χ0n) is 9.82. The van der Waals surface area contributed by atoms with Crippen molar-refractivity contribution in [1.29, 1.82) is 0 Å². The Morgan fingerprint density at radius 3 is 2.75 bits per heavy atom. The highest BCUT2D eigenvalue weighted by Gasteiger charge is 2.37. The van der Waals surface area contributed by atoms with Crippen molar-refractivity contribution in [3.8, 4) is 0 Å². The van der Waals surface area contributed by atoms with Crippen LogP contribution < -0.4 is 10.6 Å². The van der Waals surface area contributed by atoms with Crippen LogP contribution in [-0.4, -0.2) is 29.2 Å². The number of hydrogen-bond donors (Lipinski definition) is 3. The standard InChI is InChI=1S/C11H20N2O3/c1-3-4-8-6-9(8)13-11(16)12-7(2)5-10(14)15/h7-9H,3-6H2,1-2H3,(H,14,15)(H2,12,13,16). The molecule has 1 fully saturated rings. The first-order valence-corrected chi connectivity index (χ1v) is 5.81. The summed E-state index contributed by atoms with van der Waals surface area (Å²) in [7, 11) is 0. The fourth-order valence-electron chi connectivity index (χ4n) is 1.86. The number of amides is 2. The van der Waals surface area contributed by atoms with Crippen molar-refractivity contribution >= 4 is 12.0 Å². The summed E-state index contributed by atoms with van der Waals surface area (Å²) in [5, 5.41) is 14.0. The molecule has 3 atom stereocenters. The Labute approximate surface area is 95.6 Å². The van der Waals surface area contributed by atoms with Crippen molar-refractivity contribution in [2.24, 2.45) is 5.92 Å². The molecule has 16 heavy (non-hydrogen) atoms. The summed E-state index contributed by atoms with van der Waals surface area (Å²) < 4.78 is 0. The Bertz CT molecular complexity index is 268. The first-order chi connectivity index (χ1) is 7.52. The van der Waals surface area contributed by atoms with E-state index in [4.69, 9.17) is 5.11 Å². The third-order valence-corrected chi connectivity index (χ3v) is 2.76. The highest BCUT2D eigenvalue weighted by Crippen LogP contribution is 2.34. The number of aliphatic carboxylic acids is 1. The average molecular weight is 228 g/mol. The maximum Gasteiger partial charge on any atom is 0.315 e. The second-order valence-electron chi connectivity index (χ2n) is 4.51. The SMILES string of the molecule is CCCC1CC1NC(=O)NC(C)CC(=O)O. The smallest absolute Gasteiger partial charge is 0.315 e. The van der Waals surface area contributed by atoms with Gasteiger partial charge in [0, 0.05) is 12.1 Å². The van der Waals surface area contributed by atoms with E-state index in [-0.39, 0.29) is 24.5 Å². The van der Waals surface area contributed by atoms with E-state index in [9.17, 15) is 9.59 Å². The lowest BCUT2D eigenvalue weighted by atomic mass is 10.2. The first-order valence-electron chi connectivity index (χ1n) is 5.81. The second-order valence-corrected chi connectivity index (χ2v) is 4.51. The minimum Gasteiger partial charge on any atom is -0.481 e. The molecule has 0 saturated heterocycles. The van der Waals surface area contributed by atoms with Crippen LogP contribution in [0.1, 0.15) is 39.5 Å². The first kappa shape index (κ1) is 12.8. The zero-order valence-corrected chi connectivity index (χ0v) is 9.82. The van der Waals surface area contributed by atoms with E-state index in [2.05, 4.69) is 17.6 Å². The van der Waals surface area contributed by atoms with Crippen molar-refractivity contribution in [1.82, 2.24) is 10.6 Å². The van der Waals surface area contributed by atoms with E-state index in [1.54, 1.807) is 6.92 Å². The summed E-state index contributed by atoms with van der Waals surface area (Å²) in [5.74, 6) is -0.284. The molecule has 1 saturated carbocycles. The van der Waals surface area contributed by atoms with Gasteiger partial charge in [0.05, 0.1) is 6.42 Å². The second kappa shape index (κ2) is 5.72. The molecular weight excluding hydrogens is 208 g/mol. The van der Waals surface area contributed by atoms with Crippen molar-refractivity contribution < 1.29 is 14.7 Å². The molecule has 1 aliphatic carbocycles. The molecule has 0 radical (unpaired) electrons. The number of carboxylic acid groups (broad SMARTS) is 1. The molecule has 0 heterocycles. The van der Waals surface area contributed by atoms with Crippen molar-refractivity contribution in [2.75, 3.05) is 0 Å². The molecule has 1 rings (SSSR count). The van der Waals surface area contributed by atoms with Crippen molar-refractivity contribution in [2.45, 2.75) is 51.6 Å². The highest BCUT2D eigenvalue weighted by molar-refractivity contribution is 5.76. The van der Waals surface area contributed by atoms with Gasteiger partial charge in [0.2, 0.25) is 0 Å². The van der Waals surface area contributed by atoms with Crippen molar-refractivity contribution in [3.63, 3.8) is 0 Å². The van der Waals surface area contributed by atoms with Gasteiger partial charge < -0.3 is 15.7 Å². The Kier molecular flexibility index (Phi) is 4.58. The van der Waals surface area contributed by atoms with Gasteiger partial charge in [-0.2, -0.15) is 0 Å². The van der Waals surface area contributed by atoms with Gasteiger partial charge in [-0.1, -0.05) is 13.3 Å². The lowest BCUT2D eigenvalue weighted by Crippen LogP contribution is -2.42. The van der Waals surface area contributed by atoms with Gasteiger partial charge in [-0.05, 0) is 25.7 Å². The summed E-state index contributed by atoms with van der Waals surface area (Å²) in [6.07, 6.45) is 3.29. The fourth-order valence-corrected chi connectivity index (χ4v) is 1.86. The molecule has 3 N–H and O–H groups in total. The van der Waals surface area contributed by atoms with E-state index in [0.717, 1.165) is 19.3 Å². The Hall–Kier alpha value is -1.26. The Balaban J connectivity index is 2.14. The molecule has 3 unspecified atom stereocenters. The fraction of sp³-hybridized carbons (Fsp3) is 0.818. The lowest BCUT2D eigenvalue weighted by molar-refractivity contribution is -0.137. The van der Waals surface area contributed by atoms with E-state index in [1.807, 2.05) is 0 Å². The molecule has 0 aliphatic heterocycles. The van der Waals surface area contributed by atoms with Crippen LogP contribution in [0.3, 0.4) is 0 Å².